The lowest BCUT2D eigenvalue weighted by molar-refractivity contribution is -0.149. The van der Waals surface area contributed by atoms with Crippen molar-refractivity contribution < 1.29 is 14.6 Å². The zero-order valence-corrected chi connectivity index (χ0v) is 29.0. The molecule has 0 radical (unpaired) electrons. The summed E-state index contributed by atoms with van der Waals surface area (Å²) in [5.41, 5.74) is 4.89. The van der Waals surface area contributed by atoms with Gasteiger partial charge in [0.15, 0.2) is 0 Å². The fourth-order valence-corrected chi connectivity index (χ4v) is 11.4. The number of carbonyl (C=O) groups excluding carboxylic acids is 1. The number of methoxy groups -OCH3 is 1. The van der Waals surface area contributed by atoms with E-state index < -0.39 is 6.04 Å². The van der Waals surface area contributed by atoms with E-state index in [2.05, 4.69) is 66.4 Å². The van der Waals surface area contributed by atoms with Crippen molar-refractivity contribution in [3.63, 3.8) is 0 Å². The van der Waals surface area contributed by atoms with Crippen LogP contribution < -0.4 is 5.32 Å². The third kappa shape index (κ3) is 5.34. The highest BCUT2D eigenvalue weighted by Gasteiger charge is 2.65. The highest BCUT2D eigenvalue weighted by molar-refractivity contribution is 5.75. The standard InChI is InChI=1S/C40H61NO3/c1-26(2)30-18-22-40(8)34(16-15-31-35-28(4)27(3)17-20-37(35,5)23-24-39(31,40)7)38(30,6)21-19-32(36(43)44-9)41-33(25-42)29-13-11-10-12-14-29/h10-15,27-28,30,32-35,41-42H,1,16-25H2,2-9H3/t27-,28+,30+,32?,33+,34-,35+,37-,38+,39-,40-/m1/s1. The minimum Gasteiger partial charge on any atom is -0.468 e. The molecule has 2 N–H and O–H groups in total. The monoisotopic (exact) mass is 603 g/mol. The Morgan fingerprint density at radius 1 is 1.07 bits per heavy atom. The zero-order valence-electron chi connectivity index (χ0n) is 29.0. The Morgan fingerprint density at radius 3 is 2.41 bits per heavy atom. The van der Waals surface area contributed by atoms with Crippen molar-refractivity contribution >= 4 is 5.97 Å². The largest absolute Gasteiger partial charge is 0.468 e. The minimum absolute atomic E-state index is 0.00546. The molecule has 0 amide bonds. The first-order valence-electron chi connectivity index (χ1n) is 17.6. The Morgan fingerprint density at radius 2 is 1.77 bits per heavy atom. The number of ether oxygens (including phenoxy) is 1. The number of carbonyl (C=O) groups is 1. The lowest BCUT2D eigenvalue weighted by Gasteiger charge is -2.69. The van der Waals surface area contributed by atoms with E-state index in [1.54, 1.807) is 5.57 Å². The molecule has 0 heterocycles. The number of aliphatic hydroxyl groups is 1. The van der Waals surface area contributed by atoms with E-state index in [-0.39, 0.29) is 34.9 Å². The average Bonchev–Trinajstić information content (AvgIpc) is 3.00. The van der Waals surface area contributed by atoms with Crippen molar-refractivity contribution in [2.24, 2.45) is 51.2 Å². The SMILES string of the molecule is C=C(C)[C@@H]1CC[C@]2(C)[C@H](CC=C3[C@@H]4[C@@H](C)[C@H](C)CC[C@]4(C)CC[C@]32C)[C@@]1(C)CCC(N[C@@H](CO)c1ccccc1)C(=O)OC. The number of fused-ring (bicyclic) bond motifs is 5. The first-order valence-corrected chi connectivity index (χ1v) is 17.6. The molecule has 1 aromatic rings. The quantitative estimate of drug-likeness (QED) is 0.218. The number of allylic oxidation sites excluding steroid dienone is 3. The predicted octanol–water partition coefficient (Wildman–Crippen LogP) is 9.07. The molecule has 0 saturated heterocycles. The summed E-state index contributed by atoms with van der Waals surface area (Å²) in [6.07, 6.45) is 13.2. The van der Waals surface area contributed by atoms with E-state index in [0.717, 1.165) is 36.7 Å². The molecule has 0 bridgehead atoms. The van der Waals surface area contributed by atoms with Crippen LogP contribution in [-0.2, 0) is 9.53 Å². The number of aliphatic hydroxyl groups excluding tert-OH is 1. The van der Waals surface area contributed by atoms with Gasteiger partial charge in [-0.05, 0) is 122 Å². The van der Waals surface area contributed by atoms with Crippen molar-refractivity contribution in [3.8, 4) is 0 Å². The van der Waals surface area contributed by atoms with E-state index in [4.69, 9.17) is 4.74 Å². The van der Waals surface area contributed by atoms with Gasteiger partial charge in [-0.3, -0.25) is 10.1 Å². The molecule has 1 unspecified atom stereocenters. The van der Waals surface area contributed by atoms with Gasteiger partial charge in [-0.25, -0.2) is 0 Å². The predicted molar refractivity (Wildman–Crippen MR) is 181 cm³/mol. The molecule has 3 saturated carbocycles. The van der Waals surface area contributed by atoms with Gasteiger partial charge >= 0.3 is 5.97 Å². The van der Waals surface area contributed by atoms with Crippen molar-refractivity contribution in [1.29, 1.82) is 0 Å². The van der Waals surface area contributed by atoms with Gasteiger partial charge in [-0.2, -0.15) is 0 Å². The normalized spacial score (nSPS) is 41.3. The highest BCUT2D eigenvalue weighted by atomic mass is 16.5. The molecule has 0 spiro atoms. The summed E-state index contributed by atoms with van der Waals surface area (Å²) in [7, 11) is 1.47. The van der Waals surface area contributed by atoms with E-state index in [1.807, 2.05) is 30.3 Å². The molecule has 5 rings (SSSR count). The first kappa shape index (κ1) is 33.5. The van der Waals surface area contributed by atoms with E-state index in [1.165, 1.54) is 44.8 Å². The van der Waals surface area contributed by atoms with Gasteiger partial charge in [0.25, 0.3) is 0 Å². The lowest BCUT2D eigenvalue weighted by atomic mass is 9.35. The van der Waals surface area contributed by atoms with Gasteiger partial charge in [0.05, 0.1) is 19.8 Å². The maximum absolute atomic E-state index is 13.2. The first-order chi connectivity index (χ1) is 20.8. The van der Waals surface area contributed by atoms with Gasteiger partial charge in [-0.15, -0.1) is 0 Å². The number of hydrogen-bond acceptors (Lipinski definition) is 4. The van der Waals surface area contributed by atoms with E-state index >= 15 is 0 Å². The fraction of sp³-hybridized carbons (Fsp3) is 0.725. The highest BCUT2D eigenvalue weighted by Crippen LogP contribution is 2.74. The van der Waals surface area contributed by atoms with Crippen LogP contribution in [0.2, 0.25) is 0 Å². The number of benzene rings is 1. The molecule has 4 heteroatoms. The smallest absolute Gasteiger partial charge is 0.322 e. The van der Waals surface area contributed by atoms with Crippen LogP contribution in [-0.4, -0.2) is 30.8 Å². The summed E-state index contributed by atoms with van der Waals surface area (Å²) in [6.45, 7) is 22.1. The molecule has 244 valence electrons. The lowest BCUT2D eigenvalue weighted by Crippen LogP contribution is -2.61. The third-order valence-corrected chi connectivity index (χ3v) is 14.5. The molecular weight excluding hydrogens is 542 g/mol. The van der Waals surface area contributed by atoms with Crippen LogP contribution in [0.15, 0.2) is 54.1 Å². The van der Waals surface area contributed by atoms with Crippen molar-refractivity contribution in [3.05, 3.63) is 59.7 Å². The molecule has 11 atom stereocenters. The summed E-state index contributed by atoms with van der Waals surface area (Å²) >= 11 is 0. The Kier molecular flexibility index (Phi) is 9.40. The Hall–Kier alpha value is -1.91. The molecule has 0 aliphatic heterocycles. The second kappa shape index (κ2) is 12.4. The third-order valence-electron chi connectivity index (χ3n) is 14.5. The van der Waals surface area contributed by atoms with E-state index in [0.29, 0.717) is 29.6 Å². The van der Waals surface area contributed by atoms with Gasteiger partial charge in [-0.1, -0.05) is 95.7 Å². The summed E-state index contributed by atoms with van der Waals surface area (Å²) in [6, 6.07) is 9.12. The number of esters is 1. The van der Waals surface area contributed by atoms with Crippen LogP contribution in [0.1, 0.15) is 118 Å². The maximum Gasteiger partial charge on any atom is 0.322 e. The fourth-order valence-electron chi connectivity index (χ4n) is 11.4. The molecule has 4 aliphatic carbocycles. The second-order valence-corrected chi connectivity index (χ2v) is 16.6. The number of nitrogens with one attached hydrogen (secondary N) is 1. The van der Waals surface area contributed by atoms with Crippen molar-refractivity contribution in [1.82, 2.24) is 5.32 Å². The maximum atomic E-state index is 13.2. The Bertz CT molecular complexity index is 1240. The average molecular weight is 604 g/mol. The van der Waals surface area contributed by atoms with Crippen LogP contribution in [0.4, 0.5) is 0 Å². The molecule has 44 heavy (non-hydrogen) atoms. The zero-order chi connectivity index (χ0) is 32.1. The van der Waals surface area contributed by atoms with Crippen molar-refractivity contribution in [2.45, 2.75) is 118 Å². The number of hydrogen-bond donors (Lipinski definition) is 2. The van der Waals surface area contributed by atoms with Crippen LogP contribution in [0, 0.1) is 51.2 Å². The van der Waals surface area contributed by atoms with Gasteiger partial charge in [0, 0.05) is 0 Å². The Balaban J connectivity index is 1.48. The number of rotatable bonds is 9. The molecule has 3 fully saturated rings. The molecule has 4 nitrogen and oxygen atoms in total. The van der Waals surface area contributed by atoms with Gasteiger partial charge in [0.1, 0.15) is 6.04 Å². The van der Waals surface area contributed by atoms with Crippen LogP contribution in [0.3, 0.4) is 0 Å². The summed E-state index contributed by atoms with van der Waals surface area (Å²) in [5.74, 6) is 2.89. The van der Waals surface area contributed by atoms with E-state index in [9.17, 15) is 9.90 Å². The summed E-state index contributed by atoms with van der Waals surface area (Å²) in [4.78, 5) is 13.2. The van der Waals surface area contributed by atoms with Crippen molar-refractivity contribution in [2.75, 3.05) is 13.7 Å². The van der Waals surface area contributed by atoms with Gasteiger partial charge in [0.2, 0.25) is 0 Å². The van der Waals surface area contributed by atoms with Crippen LogP contribution in [0.25, 0.3) is 0 Å². The van der Waals surface area contributed by atoms with Crippen LogP contribution in [0.5, 0.6) is 0 Å². The molecule has 0 aromatic heterocycles. The minimum atomic E-state index is -0.488. The summed E-state index contributed by atoms with van der Waals surface area (Å²) in [5, 5.41) is 13.8. The summed E-state index contributed by atoms with van der Waals surface area (Å²) < 4.78 is 5.32. The Labute approximate surface area is 268 Å². The topological polar surface area (TPSA) is 58.6 Å². The molecular formula is C40H61NO3. The molecule has 1 aromatic carbocycles. The van der Waals surface area contributed by atoms with Crippen LogP contribution >= 0.6 is 0 Å². The van der Waals surface area contributed by atoms with Gasteiger partial charge < -0.3 is 9.84 Å². The second-order valence-electron chi connectivity index (χ2n) is 16.6. The molecule has 4 aliphatic rings.